The molecule has 1 aliphatic carbocycles. The summed E-state index contributed by atoms with van der Waals surface area (Å²) in [5.41, 5.74) is 1.08. The maximum atomic E-state index is 6.29. The van der Waals surface area contributed by atoms with Crippen molar-refractivity contribution in [3.8, 4) is 0 Å². The lowest BCUT2D eigenvalue weighted by molar-refractivity contribution is -0.0334. The molecule has 1 aliphatic rings. The molecule has 3 heteroatoms. The molecular weight excluding hydrogens is 403 g/mol. The molecule has 1 unspecified atom stereocenters. The Morgan fingerprint density at radius 3 is 2.61 bits per heavy atom. The summed E-state index contributed by atoms with van der Waals surface area (Å²) in [6, 6.07) is 8.40. The third-order valence-corrected chi connectivity index (χ3v) is 5.96. The van der Waals surface area contributed by atoms with Crippen LogP contribution in [0.2, 0.25) is 0 Å². The average Bonchev–Trinajstić information content (AvgIpc) is 2.90. The summed E-state index contributed by atoms with van der Waals surface area (Å²) in [6.07, 6.45) is 5.44. The van der Waals surface area contributed by atoms with Crippen LogP contribution in [0.3, 0.4) is 0 Å². The van der Waals surface area contributed by atoms with Crippen LogP contribution in [0.25, 0.3) is 0 Å². The Bertz CT molecular complexity index is 390. The maximum Gasteiger partial charge on any atom is 0.100 e. The second kappa shape index (κ2) is 6.71. The number of rotatable bonds is 5. The molecule has 0 aliphatic heterocycles. The van der Waals surface area contributed by atoms with Crippen LogP contribution in [0.1, 0.15) is 38.2 Å². The van der Waals surface area contributed by atoms with E-state index in [4.69, 9.17) is 4.74 Å². The van der Waals surface area contributed by atoms with Crippen molar-refractivity contribution in [1.82, 2.24) is 0 Å². The standard InChI is InChI=1S/C15H20BrIO/c1-15(11-17,13-8-4-5-9-14(13)16)18-10-12-6-2-3-7-12/h4-5,8-9,12H,2-3,6-7,10-11H2,1H3. The van der Waals surface area contributed by atoms with Gasteiger partial charge in [-0.15, -0.1) is 0 Å². The van der Waals surface area contributed by atoms with E-state index in [1.807, 2.05) is 0 Å². The van der Waals surface area contributed by atoms with Crippen molar-refractivity contribution in [3.05, 3.63) is 34.3 Å². The summed E-state index contributed by atoms with van der Waals surface area (Å²) in [5.74, 6) is 0.773. The van der Waals surface area contributed by atoms with Crippen LogP contribution >= 0.6 is 38.5 Å². The van der Waals surface area contributed by atoms with Gasteiger partial charge >= 0.3 is 0 Å². The van der Waals surface area contributed by atoms with Gasteiger partial charge in [0.05, 0.1) is 6.61 Å². The molecule has 1 saturated carbocycles. The molecular formula is C15H20BrIO. The number of benzene rings is 1. The first-order valence-corrected chi connectivity index (χ1v) is 8.92. The topological polar surface area (TPSA) is 9.23 Å². The van der Waals surface area contributed by atoms with E-state index in [1.165, 1.54) is 31.2 Å². The van der Waals surface area contributed by atoms with Gasteiger partial charge in [-0.2, -0.15) is 0 Å². The largest absolute Gasteiger partial charge is 0.369 e. The summed E-state index contributed by atoms with van der Waals surface area (Å²) in [5, 5.41) is 0. The molecule has 0 spiro atoms. The Kier molecular flexibility index (Phi) is 5.51. The minimum atomic E-state index is -0.177. The van der Waals surface area contributed by atoms with Crippen molar-refractivity contribution in [3.63, 3.8) is 0 Å². The molecule has 18 heavy (non-hydrogen) atoms. The van der Waals surface area contributed by atoms with Gasteiger partial charge < -0.3 is 4.74 Å². The molecule has 1 fully saturated rings. The first kappa shape index (κ1) is 14.8. The third-order valence-electron chi connectivity index (χ3n) is 3.81. The molecule has 1 aromatic rings. The zero-order valence-electron chi connectivity index (χ0n) is 10.8. The molecule has 100 valence electrons. The molecule has 2 rings (SSSR count). The van der Waals surface area contributed by atoms with Crippen molar-refractivity contribution in [2.24, 2.45) is 5.92 Å². The third kappa shape index (κ3) is 3.48. The van der Waals surface area contributed by atoms with Gasteiger partial charge in [0.2, 0.25) is 0 Å². The van der Waals surface area contributed by atoms with Crippen molar-refractivity contribution >= 4 is 38.5 Å². The SMILES string of the molecule is CC(CI)(OCC1CCCC1)c1ccccc1Br. The molecule has 1 nitrogen and oxygen atoms in total. The van der Waals surface area contributed by atoms with Gasteiger partial charge in [-0.05, 0) is 37.3 Å². The Balaban J connectivity index is 2.07. The Morgan fingerprint density at radius 1 is 1.33 bits per heavy atom. The fourth-order valence-corrected chi connectivity index (χ4v) is 3.89. The molecule has 0 N–H and O–H groups in total. The van der Waals surface area contributed by atoms with Crippen LogP contribution in [0.4, 0.5) is 0 Å². The van der Waals surface area contributed by atoms with E-state index in [2.05, 4.69) is 69.7 Å². The molecule has 0 aromatic heterocycles. The maximum absolute atomic E-state index is 6.29. The quantitative estimate of drug-likeness (QED) is 0.461. The number of halogens is 2. The van der Waals surface area contributed by atoms with Gasteiger partial charge in [0.15, 0.2) is 0 Å². The normalized spacial score (nSPS) is 19.9. The van der Waals surface area contributed by atoms with Gasteiger partial charge in [0.25, 0.3) is 0 Å². The Labute approximate surface area is 132 Å². The van der Waals surface area contributed by atoms with E-state index >= 15 is 0 Å². The zero-order valence-corrected chi connectivity index (χ0v) is 14.5. The fraction of sp³-hybridized carbons (Fsp3) is 0.600. The smallest absolute Gasteiger partial charge is 0.100 e. The molecule has 1 aromatic carbocycles. The highest BCUT2D eigenvalue weighted by Gasteiger charge is 2.29. The predicted octanol–water partition coefficient (Wildman–Crippen LogP) is 5.31. The molecule has 0 radical (unpaired) electrons. The predicted molar refractivity (Wildman–Crippen MR) is 88.3 cm³/mol. The van der Waals surface area contributed by atoms with Crippen LogP contribution in [-0.2, 0) is 10.3 Å². The first-order valence-electron chi connectivity index (χ1n) is 6.60. The second-order valence-corrected chi connectivity index (χ2v) is 6.92. The lowest BCUT2D eigenvalue weighted by atomic mass is 9.97. The van der Waals surface area contributed by atoms with Crippen LogP contribution in [0, 0.1) is 5.92 Å². The van der Waals surface area contributed by atoms with Gasteiger partial charge in [0.1, 0.15) is 5.60 Å². The van der Waals surface area contributed by atoms with Crippen molar-refractivity contribution in [2.45, 2.75) is 38.2 Å². The van der Waals surface area contributed by atoms with Crippen LogP contribution < -0.4 is 0 Å². The number of hydrogen-bond donors (Lipinski definition) is 0. The highest BCUT2D eigenvalue weighted by molar-refractivity contribution is 14.1. The van der Waals surface area contributed by atoms with E-state index in [9.17, 15) is 0 Å². The van der Waals surface area contributed by atoms with E-state index in [-0.39, 0.29) is 5.60 Å². The zero-order chi connectivity index (χ0) is 13.0. The lowest BCUT2D eigenvalue weighted by Gasteiger charge is -2.31. The monoisotopic (exact) mass is 422 g/mol. The van der Waals surface area contributed by atoms with E-state index in [1.54, 1.807) is 0 Å². The Hall–Kier alpha value is 0.390. The van der Waals surface area contributed by atoms with E-state index < -0.39 is 0 Å². The lowest BCUT2D eigenvalue weighted by Crippen LogP contribution is -2.30. The molecule has 0 bridgehead atoms. The van der Waals surface area contributed by atoms with Crippen LogP contribution in [0.15, 0.2) is 28.7 Å². The molecule has 0 saturated heterocycles. The highest BCUT2D eigenvalue weighted by atomic mass is 127. The first-order chi connectivity index (χ1) is 8.65. The van der Waals surface area contributed by atoms with E-state index in [0.717, 1.165) is 21.4 Å². The van der Waals surface area contributed by atoms with Gasteiger partial charge in [-0.25, -0.2) is 0 Å². The number of hydrogen-bond acceptors (Lipinski definition) is 1. The molecule has 0 heterocycles. The molecule has 0 amide bonds. The van der Waals surface area contributed by atoms with Crippen LogP contribution in [-0.4, -0.2) is 11.0 Å². The van der Waals surface area contributed by atoms with E-state index in [0.29, 0.717) is 0 Å². The van der Waals surface area contributed by atoms with Crippen molar-refractivity contribution in [2.75, 3.05) is 11.0 Å². The number of alkyl halides is 1. The van der Waals surface area contributed by atoms with Crippen molar-refractivity contribution in [1.29, 1.82) is 0 Å². The van der Waals surface area contributed by atoms with Crippen LogP contribution in [0.5, 0.6) is 0 Å². The molecule has 1 atom stereocenters. The second-order valence-electron chi connectivity index (χ2n) is 5.31. The van der Waals surface area contributed by atoms with Crippen molar-refractivity contribution < 1.29 is 4.74 Å². The summed E-state index contributed by atoms with van der Waals surface area (Å²) in [6.45, 7) is 3.11. The minimum Gasteiger partial charge on any atom is -0.369 e. The van der Waals surface area contributed by atoms with Gasteiger partial charge in [-0.1, -0.05) is 69.6 Å². The average molecular weight is 423 g/mol. The highest BCUT2D eigenvalue weighted by Crippen LogP contribution is 2.35. The Morgan fingerprint density at radius 2 is 2.00 bits per heavy atom. The summed E-state index contributed by atoms with van der Waals surface area (Å²) in [4.78, 5) is 0. The van der Waals surface area contributed by atoms with Gasteiger partial charge in [-0.3, -0.25) is 0 Å². The summed E-state index contributed by atoms with van der Waals surface area (Å²) >= 11 is 6.07. The van der Waals surface area contributed by atoms with Gasteiger partial charge in [0, 0.05) is 8.90 Å². The minimum absolute atomic E-state index is 0.177. The number of ether oxygens (including phenoxy) is 1. The summed E-state index contributed by atoms with van der Waals surface area (Å²) < 4.78 is 8.41. The fourth-order valence-electron chi connectivity index (χ4n) is 2.56. The summed E-state index contributed by atoms with van der Waals surface area (Å²) in [7, 11) is 0.